The van der Waals surface area contributed by atoms with E-state index in [1.165, 1.54) is 5.57 Å². The van der Waals surface area contributed by atoms with Crippen LogP contribution in [0.3, 0.4) is 0 Å². The molecule has 1 aliphatic carbocycles. The van der Waals surface area contributed by atoms with E-state index >= 15 is 0 Å². The second-order valence-corrected chi connectivity index (χ2v) is 7.93. The topological polar surface area (TPSA) is 99.4 Å². The van der Waals surface area contributed by atoms with Crippen molar-refractivity contribution in [3.8, 4) is 0 Å². The molecule has 6 atom stereocenters. The SMILES string of the molecule is CCC1C=CC(Cc2ccc3c(c2)[C@@]2(OC3)OC(CO)[C@@H](O)C(O)C2O)=CC1. The molecule has 4 unspecified atom stereocenters. The fourth-order valence-electron chi connectivity index (χ4n) is 4.31. The normalized spacial score (nSPS) is 37.2. The summed E-state index contributed by atoms with van der Waals surface area (Å²) in [6, 6.07) is 5.92. The molecule has 1 fully saturated rings. The first kappa shape index (κ1) is 19.8. The van der Waals surface area contributed by atoms with Gasteiger partial charge in [0.15, 0.2) is 0 Å². The number of rotatable bonds is 4. The predicted molar refractivity (Wildman–Crippen MR) is 102 cm³/mol. The van der Waals surface area contributed by atoms with Gasteiger partial charge >= 0.3 is 0 Å². The highest BCUT2D eigenvalue weighted by molar-refractivity contribution is 5.41. The van der Waals surface area contributed by atoms with Crippen molar-refractivity contribution in [1.29, 1.82) is 0 Å². The van der Waals surface area contributed by atoms with Crippen molar-refractivity contribution in [2.24, 2.45) is 5.92 Å². The van der Waals surface area contributed by atoms with Crippen LogP contribution >= 0.6 is 0 Å². The minimum absolute atomic E-state index is 0.231. The van der Waals surface area contributed by atoms with E-state index in [9.17, 15) is 20.4 Å². The number of hydrogen-bond acceptors (Lipinski definition) is 6. The number of aliphatic hydroxyl groups is 4. The largest absolute Gasteiger partial charge is 0.394 e. The molecule has 4 N–H and O–H groups in total. The predicted octanol–water partition coefficient (Wildman–Crippen LogP) is 1.30. The molecule has 3 aliphatic rings. The van der Waals surface area contributed by atoms with Gasteiger partial charge in [-0.3, -0.25) is 0 Å². The standard InChI is InChI=1S/C22H28O6/c1-2-13-3-5-14(6-4-13)9-15-7-8-16-12-27-22(17(16)10-15)21(26)20(25)19(24)18(11-23)28-22/h3,5-8,10,13,18-21,23-26H,2,4,9,11-12H2,1H3/t13?,18?,19-,20?,21?,22-/m1/s1. The first-order valence-corrected chi connectivity index (χ1v) is 9.94. The quantitative estimate of drug-likeness (QED) is 0.621. The lowest BCUT2D eigenvalue weighted by Gasteiger charge is -2.46. The van der Waals surface area contributed by atoms with Crippen LogP contribution in [0.25, 0.3) is 0 Å². The van der Waals surface area contributed by atoms with E-state index in [0.717, 1.165) is 30.4 Å². The van der Waals surface area contributed by atoms with Gasteiger partial charge < -0.3 is 29.9 Å². The molecule has 1 aromatic rings. The molecule has 0 amide bonds. The van der Waals surface area contributed by atoms with Crippen molar-refractivity contribution < 1.29 is 29.9 Å². The number of allylic oxidation sites excluding steroid dienone is 4. The lowest BCUT2D eigenvalue weighted by molar-refractivity contribution is -0.368. The summed E-state index contributed by atoms with van der Waals surface area (Å²) < 4.78 is 11.6. The second kappa shape index (κ2) is 7.71. The van der Waals surface area contributed by atoms with E-state index in [2.05, 4.69) is 25.2 Å². The van der Waals surface area contributed by atoms with Crippen LogP contribution in [0.15, 0.2) is 42.0 Å². The monoisotopic (exact) mass is 388 g/mol. The maximum Gasteiger partial charge on any atom is 0.225 e. The molecule has 0 radical (unpaired) electrons. The molecular formula is C22H28O6. The number of aliphatic hydroxyl groups excluding tert-OH is 4. The highest BCUT2D eigenvalue weighted by Crippen LogP contribution is 2.46. The van der Waals surface area contributed by atoms with Crippen LogP contribution in [0.4, 0.5) is 0 Å². The molecule has 1 saturated heterocycles. The van der Waals surface area contributed by atoms with Crippen LogP contribution in [0.5, 0.6) is 0 Å². The molecule has 1 spiro atoms. The van der Waals surface area contributed by atoms with Gasteiger partial charge in [0.05, 0.1) is 13.2 Å². The minimum atomic E-state index is -1.58. The zero-order valence-corrected chi connectivity index (χ0v) is 16.0. The lowest BCUT2D eigenvalue weighted by atomic mass is 9.86. The van der Waals surface area contributed by atoms with Crippen molar-refractivity contribution in [2.75, 3.05) is 6.61 Å². The molecule has 152 valence electrons. The maximum absolute atomic E-state index is 10.7. The van der Waals surface area contributed by atoms with Gasteiger partial charge in [0.1, 0.15) is 24.4 Å². The zero-order valence-electron chi connectivity index (χ0n) is 16.0. The summed E-state index contributed by atoms with van der Waals surface area (Å²) in [5, 5.41) is 40.5. The molecule has 1 aromatic carbocycles. The van der Waals surface area contributed by atoms with Gasteiger partial charge in [0.2, 0.25) is 5.79 Å². The first-order valence-electron chi connectivity index (χ1n) is 9.94. The smallest absolute Gasteiger partial charge is 0.225 e. The van der Waals surface area contributed by atoms with Crippen molar-refractivity contribution in [1.82, 2.24) is 0 Å². The number of benzene rings is 1. The summed E-state index contributed by atoms with van der Waals surface area (Å²) in [7, 11) is 0. The van der Waals surface area contributed by atoms with Crippen molar-refractivity contribution >= 4 is 0 Å². The Labute approximate surface area is 164 Å². The lowest BCUT2D eigenvalue weighted by Crippen LogP contribution is -2.63. The first-order chi connectivity index (χ1) is 13.5. The average Bonchev–Trinajstić information content (AvgIpc) is 3.08. The highest BCUT2D eigenvalue weighted by Gasteiger charge is 2.58. The van der Waals surface area contributed by atoms with Crippen molar-refractivity contribution in [3.05, 3.63) is 58.7 Å². The molecule has 0 saturated carbocycles. The summed E-state index contributed by atoms with van der Waals surface area (Å²) in [5.41, 5.74) is 3.80. The Bertz CT molecular complexity index is 785. The molecule has 4 rings (SSSR count). The third-order valence-corrected chi connectivity index (χ3v) is 6.14. The Kier molecular flexibility index (Phi) is 5.44. The van der Waals surface area contributed by atoms with Crippen molar-refractivity contribution in [3.63, 3.8) is 0 Å². The van der Waals surface area contributed by atoms with Gasteiger partial charge in [0.25, 0.3) is 0 Å². The van der Waals surface area contributed by atoms with Crippen LogP contribution in [0, 0.1) is 5.92 Å². The minimum Gasteiger partial charge on any atom is -0.394 e. The van der Waals surface area contributed by atoms with Gasteiger partial charge in [-0.2, -0.15) is 0 Å². The Hall–Kier alpha value is -1.54. The summed E-state index contributed by atoms with van der Waals surface area (Å²) in [4.78, 5) is 0. The van der Waals surface area contributed by atoms with E-state index in [1.807, 2.05) is 18.2 Å². The van der Waals surface area contributed by atoms with Crippen LogP contribution in [-0.4, -0.2) is 51.4 Å². The summed E-state index contributed by atoms with van der Waals surface area (Å²) in [6.45, 7) is 1.93. The number of hydrogen-bond donors (Lipinski definition) is 4. The number of fused-ring (bicyclic) bond motifs is 2. The summed E-state index contributed by atoms with van der Waals surface area (Å²) >= 11 is 0. The van der Waals surface area contributed by atoms with Crippen LogP contribution < -0.4 is 0 Å². The van der Waals surface area contributed by atoms with Crippen LogP contribution in [0.1, 0.15) is 36.5 Å². The molecule has 0 bridgehead atoms. The molecule has 2 aliphatic heterocycles. The Balaban J connectivity index is 1.62. The third-order valence-electron chi connectivity index (χ3n) is 6.14. The zero-order chi connectivity index (χ0) is 19.9. The van der Waals surface area contributed by atoms with Gasteiger partial charge in [0, 0.05) is 5.56 Å². The third kappa shape index (κ3) is 3.24. The fraction of sp³-hybridized carbons (Fsp3) is 0.545. The average molecular weight is 388 g/mol. The second-order valence-electron chi connectivity index (χ2n) is 7.93. The molecule has 0 aromatic heterocycles. The summed E-state index contributed by atoms with van der Waals surface area (Å²) in [6.07, 6.45) is 4.27. The molecule has 6 heteroatoms. The van der Waals surface area contributed by atoms with E-state index < -0.39 is 36.8 Å². The van der Waals surface area contributed by atoms with Crippen LogP contribution in [0.2, 0.25) is 0 Å². The number of ether oxygens (including phenoxy) is 2. The van der Waals surface area contributed by atoms with E-state index in [4.69, 9.17) is 9.47 Å². The molecular weight excluding hydrogens is 360 g/mol. The summed E-state index contributed by atoms with van der Waals surface area (Å²) in [5.74, 6) is -0.976. The van der Waals surface area contributed by atoms with E-state index in [1.54, 1.807) is 0 Å². The van der Waals surface area contributed by atoms with Gasteiger partial charge in [-0.15, -0.1) is 0 Å². The van der Waals surface area contributed by atoms with Gasteiger partial charge in [-0.25, -0.2) is 0 Å². The Morgan fingerprint density at radius 3 is 2.68 bits per heavy atom. The highest BCUT2D eigenvalue weighted by atomic mass is 16.7. The van der Waals surface area contributed by atoms with Crippen molar-refractivity contribution in [2.45, 2.75) is 63.0 Å². The van der Waals surface area contributed by atoms with Gasteiger partial charge in [-0.05, 0) is 47.9 Å². The van der Waals surface area contributed by atoms with Gasteiger partial charge in [-0.1, -0.05) is 37.3 Å². The fourth-order valence-corrected chi connectivity index (χ4v) is 4.31. The molecule has 28 heavy (non-hydrogen) atoms. The molecule has 2 heterocycles. The molecule has 6 nitrogen and oxygen atoms in total. The Morgan fingerprint density at radius 1 is 1.18 bits per heavy atom. The van der Waals surface area contributed by atoms with E-state index in [0.29, 0.717) is 11.5 Å². The van der Waals surface area contributed by atoms with E-state index in [-0.39, 0.29) is 6.61 Å². The maximum atomic E-state index is 10.7. The Morgan fingerprint density at radius 2 is 2.00 bits per heavy atom. The van der Waals surface area contributed by atoms with Crippen LogP contribution in [-0.2, 0) is 28.3 Å².